The Labute approximate surface area is 198 Å². The van der Waals surface area contributed by atoms with Crippen LogP contribution in [-0.4, -0.2) is 34.8 Å². The molecule has 1 fully saturated rings. The molecule has 1 aromatic heterocycles. The van der Waals surface area contributed by atoms with Crippen molar-refractivity contribution in [2.75, 3.05) is 13.7 Å². The molecule has 0 spiro atoms. The Morgan fingerprint density at radius 3 is 2.59 bits per heavy atom. The zero-order valence-corrected chi connectivity index (χ0v) is 19.5. The number of carbonyl (C=O) groups is 1. The van der Waals surface area contributed by atoms with Crippen molar-refractivity contribution in [3.63, 3.8) is 0 Å². The van der Waals surface area contributed by atoms with Gasteiger partial charge in [-0.3, -0.25) is 18.7 Å². The number of nitrogens with zero attached hydrogens (tertiary/aromatic N) is 4. The van der Waals surface area contributed by atoms with E-state index in [4.69, 9.17) is 0 Å². The number of hydrogen-bond donors (Lipinski definition) is 1. The molecule has 1 saturated carbocycles. The quantitative estimate of drug-likeness (QED) is 0.466. The summed E-state index contributed by atoms with van der Waals surface area (Å²) in [5.74, 6) is -0.559. The first kappa shape index (κ1) is 24.9. The second-order valence-corrected chi connectivity index (χ2v) is 8.69. The van der Waals surface area contributed by atoms with Crippen LogP contribution in [0.2, 0.25) is 0 Å². The Kier molecular flexibility index (Phi) is 8.04. The van der Waals surface area contributed by atoms with Crippen LogP contribution < -0.4 is 16.6 Å². The monoisotopic (exact) mass is 463 g/mol. The summed E-state index contributed by atoms with van der Waals surface area (Å²) in [4.78, 5) is 36.6. The van der Waals surface area contributed by atoms with Gasteiger partial charge in [0, 0.05) is 24.3 Å². The van der Waals surface area contributed by atoms with Crippen molar-refractivity contribution in [2.24, 2.45) is 0 Å². The third-order valence-electron chi connectivity index (χ3n) is 6.54. The number of hydrogen-bond acceptors (Lipinski definition) is 7. The number of aryl methyl sites for hydroxylation is 1. The van der Waals surface area contributed by atoms with Crippen LogP contribution in [-0.2, 0) is 28.0 Å². The molecular formula is C25H29N5O4. The maximum absolute atomic E-state index is 12.6. The van der Waals surface area contributed by atoms with Crippen LogP contribution in [0, 0.1) is 29.6 Å². The molecule has 9 nitrogen and oxygen atoms in total. The molecule has 0 atom stereocenters. The van der Waals surface area contributed by atoms with Gasteiger partial charge in [0.1, 0.15) is 6.54 Å². The predicted molar refractivity (Wildman–Crippen MR) is 125 cm³/mol. The van der Waals surface area contributed by atoms with Crippen molar-refractivity contribution >= 4 is 5.97 Å². The van der Waals surface area contributed by atoms with Crippen LogP contribution in [0.4, 0.5) is 0 Å². The lowest BCUT2D eigenvalue weighted by Crippen LogP contribution is -2.43. The van der Waals surface area contributed by atoms with Gasteiger partial charge in [0.25, 0.3) is 5.56 Å². The van der Waals surface area contributed by atoms with E-state index < -0.39 is 17.1 Å². The van der Waals surface area contributed by atoms with E-state index in [1.54, 1.807) is 13.0 Å². The largest absolute Gasteiger partial charge is 0.468 e. The molecule has 0 amide bonds. The molecule has 1 N–H and O–H groups in total. The normalized spacial score (nSPS) is 19.7. The average Bonchev–Trinajstić information content (AvgIpc) is 2.87. The molecule has 1 heterocycles. The number of esters is 1. The summed E-state index contributed by atoms with van der Waals surface area (Å²) in [7, 11) is 1.25. The number of ether oxygens (including phenoxy) is 1. The number of benzene rings is 1. The second-order valence-electron chi connectivity index (χ2n) is 8.69. The highest BCUT2D eigenvalue weighted by Gasteiger charge is 2.38. The van der Waals surface area contributed by atoms with Gasteiger partial charge >= 0.3 is 11.7 Å². The Hall–Kier alpha value is -3.69. The molecule has 178 valence electrons. The lowest BCUT2D eigenvalue weighted by Gasteiger charge is -2.36. The smallest absolute Gasteiger partial charge is 0.331 e. The van der Waals surface area contributed by atoms with E-state index in [2.05, 4.69) is 22.2 Å². The number of rotatable bonds is 8. The Balaban J connectivity index is 1.58. The van der Waals surface area contributed by atoms with Gasteiger partial charge in [-0.15, -0.1) is 0 Å². The standard InChI is InChI=1S/C25H29N5O4/c1-18-15-29(16-22(31)34-2)24(33)30(23(18)32)13-5-12-28-20-8-10-25(17-27,11-9-20)21-7-4-3-6-19(21)14-26/h3-4,6-7,15,20,28H,5,8-13,16H2,1-2H3/t20-,25+. The van der Waals surface area contributed by atoms with Crippen LogP contribution in [0.3, 0.4) is 0 Å². The van der Waals surface area contributed by atoms with Gasteiger partial charge < -0.3 is 10.1 Å². The summed E-state index contributed by atoms with van der Waals surface area (Å²) in [5, 5.41) is 22.8. The van der Waals surface area contributed by atoms with Crippen LogP contribution in [0.1, 0.15) is 48.8 Å². The van der Waals surface area contributed by atoms with Crippen LogP contribution in [0.5, 0.6) is 0 Å². The van der Waals surface area contributed by atoms with E-state index in [1.807, 2.05) is 18.2 Å². The molecule has 2 aromatic rings. The first-order valence-electron chi connectivity index (χ1n) is 11.4. The van der Waals surface area contributed by atoms with Crippen molar-refractivity contribution in [1.29, 1.82) is 10.5 Å². The third kappa shape index (κ3) is 5.27. The molecule has 1 aliphatic rings. The van der Waals surface area contributed by atoms with Crippen molar-refractivity contribution in [2.45, 2.75) is 63.6 Å². The molecule has 9 heteroatoms. The molecule has 0 saturated heterocycles. The number of nitriles is 2. The highest BCUT2D eigenvalue weighted by molar-refractivity contribution is 5.68. The van der Waals surface area contributed by atoms with Crippen molar-refractivity contribution in [3.8, 4) is 12.1 Å². The topological polar surface area (TPSA) is 130 Å². The Bertz CT molecular complexity index is 1240. The summed E-state index contributed by atoms with van der Waals surface area (Å²) < 4.78 is 6.96. The number of carbonyl (C=O) groups excluding carboxylic acids is 1. The molecule has 1 aromatic carbocycles. The predicted octanol–water partition coefficient (Wildman–Crippen LogP) is 1.75. The number of nitrogens with one attached hydrogen (secondary N) is 1. The third-order valence-corrected chi connectivity index (χ3v) is 6.54. The lowest BCUT2D eigenvalue weighted by molar-refractivity contribution is -0.141. The zero-order valence-electron chi connectivity index (χ0n) is 19.5. The zero-order chi connectivity index (χ0) is 24.7. The fourth-order valence-corrected chi connectivity index (χ4v) is 4.61. The molecule has 0 unspecified atom stereocenters. The van der Waals surface area contributed by atoms with Crippen molar-refractivity contribution in [3.05, 3.63) is 68.0 Å². The second kappa shape index (κ2) is 11.0. The lowest BCUT2D eigenvalue weighted by atomic mass is 9.68. The summed E-state index contributed by atoms with van der Waals surface area (Å²) in [6.07, 6.45) is 4.86. The summed E-state index contributed by atoms with van der Waals surface area (Å²) in [6.45, 7) is 2.21. The van der Waals surface area contributed by atoms with Gasteiger partial charge in [-0.2, -0.15) is 10.5 Å². The molecule has 0 radical (unpaired) electrons. The highest BCUT2D eigenvalue weighted by atomic mass is 16.5. The van der Waals surface area contributed by atoms with Gasteiger partial charge in [0.2, 0.25) is 0 Å². The molecule has 0 bridgehead atoms. The maximum atomic E-state index is 12.6. The molecule has 0 aliphatic heterocycles. The van der Waals surface area contributed by atoms with E-state index in [1.165, 1.54) is 17.9 Å². The molecule has 3 rings (SSSR count). The first-order chi connectivity index (χ1) is 16.3. The Morgan fingerprint density at radius 2 is 1.94 bits per heavy atom. The Morgan fingerprint density at radius 1 is 1.24 bits per heavy atom. The van der Waals surface area contributed by atoms with E-state index in [0.717, 1.165) is 23.0 Å². The van der Waals surface area contributed by atoms with E-state index >= 15 is 0 Å². The SMILES string of the molecule is COC(=O)Cn1cc(C)c(=O)n(CCCN[C@H]2CC[C@@](C#N)(c3ccccc3C#N)CC2)c1=O. The van der Waals surface area contributed by atoms with Gasteiger partial charge in [-0.25, -0.2) is 4.79 Å². The molecule has 34 heavy (non-hydrogen) atoms. The van der Waals surface area contributed by atoms with Gasteiger partial charge in [-0.05, 0) is 57.2 Å². The van der Waals surface area contributed by atoms with Crippen molar-refractivity contribution in [1.82, 2.24) is 14.5 Å². The van der Waals surface area contributed by atoms with Gasteiger partial charge in [-0.1, -0.05) is 18.2 Å². The van der Waals surface area contributed by atoms with Gasteiger partial charge in [0.05, 0.1) is 30.2 Å². The van der Waals surface area contributed by atoms with Crippen LogP contribution in [0.25, 0.3) is 0 Å². The minimum atomic E-state index is -0.649. The summed E-state index contributed by atoms with van der Waals surface area (Å²) >= 11 is 0. The molecule has 1 aliphatic carbocycles. The fourth-order valence-electron chi connectivity index (χ4n) is 4.61. The maximum Gasteiger partial charge on any atom is 0.331 e. The minimum Gasteiger partial charge on any atom is -0.468 e. The van der Waals surface area contributed by atoms with E-state index in [0.29, 0.717) is 36.9 Å². The van der Waals surface area contributed by atoms with Crippen LogP contribution in [0.15, 0.2) is 40.1 Å². The van der Waals surface area contributed by atoms with Gasteiger partial charge in [0.15, 0.2) is 0 Å². The summed E-state index contributed by atoms with van der Waals surface area (Å²) in [5.41, 5.74) is 0.198. The molecular weight excluding hydrogens is 434 g/mol. The minimum absolute atomic E-state index is 0.223. The highest BCUT2D eigenvalue weighted by Crippen LogP contribution is 2.40. The van der Waals surface area contributed by atoms with E-state index in [9.17, 15) is 24.9 Å². The summed E-state index contributed by atoms with van der Waals surface area (Å²) in [6, 6.07) is 12.2. The first-order valence-corrected chi connectivity index (χ1v) is 11.4. The van der Waals surface area contributed by atoms with E-state index in [-0.39, 0.29) is 24.7 Å². The fraction of sp³-hybridized carbons (Fsp3) is 0.480. The van der Waals surface area contributed by atoms with Crippen molar-refractivity contribution < 1.29 is 9.53 Å². The number of aromatic nitrogens is 2. The number of methoxy groups -OCH3 is 1. The van der Waals surface area contributed by atoms with Crippen LogP contribution >= 0.6 is 0 Å². The average molecular weight is 464 g/mol.